The van der Waals surface area contributed by atoms with Crippen molar-refractivity contribution in [1.29, 1.82) is 0 Å². The summed E-state index contributed by atoms with van der Waals surface area (Å²) in [5.41, 5.74) is 2.14. The smallest absolute Gasteiger partial charge is 0.173 e. The standard InChI is InChI=1S/C12H14N/c1-4-11(3)10-13-8-6-12(5-2)7-9-13/h4-9H,1-3,10H2/q+1. The number of pyridine rings is 1. The summed E-state index contributed by atoms with van der Waals surface area (Å²) in [7, 11) is 0. The van der Waals surface area contributed by atoms with Gasteiger partial charge in [0.2, 0.25) is 0 Å². The van der Waals surface area contributed by atoms with Gasteiger partial charge in [-0.3, -0.25) is 0 Å². The first-order valence-electron chi connectivity index (χ1n) is 4.18. The fourth-order valence-corrected chi connectivity index (χ4v) is 1.01. The Morgan fingerprint density at radius 2 is 1.92 bits per heavy atom. The van der Waals surface area contributed by atoms with Crippen LogP contribution in [0.3, 0.4) is 0 Å². The molecule has 66 valence electrons. The Kier molecular flexibility index (Phi) is 3.21. The first-order chi connectivity index (χ1) is 6.26. The molecule has 0 unspecified atom stereocenters. The summed E-state index contributed by atoms with van der Waals surface area (Å²) in [6.07, 6.45) is 7.61. The highest BCUT2D eigenvalue weighted by molar-refractivity contribution is 5.44. The number of hydrogen-bond acceptors (Lipinski definition) is 0. The Bertz CT molecular complexity index is 319. The van der Waals surface area contributed by atoms with E-state index in [2.05, 4.69) is 24.3 Å². The van der Waals surface area contributed by atoms with Crippen molar-refractivity contribution in [3.63, 3.8) is 0 Å². The zero-order valence-electron chi connectivity index (χ0n) is 7.74. The number of hydrogen-bond donors (Lipinski definition) is 0. The van der Waals surface area contributed by atoms with Gasteiger partial charge in [-0.05, 0) is 5.56 Å². The SMILES string of the molecule is C=CC(=C)C[n+]1ccc(C=C)cc1. The van der Waals surface area contributed by atoms with Crippen LogP contribution in [0.2, 0.25) is 0 Å². The van der Waals surface area contributed by atoms with Gasteiger partial charge < -0.3 is 0 Å². The molecule has 0 aliphatic heterocycles. The second-order valence-corrected chi connectivity index (χ2v) is 2.87. The van der Waals surface area contributed by atoms with Gasteiger partial charge in [0.15, 0.2) is 18.9 Å². The number of allylic oxidation sites excluding steroid dienone is 2. The van der Waals surface area contributed by atoms with E-state index in [-0.39, 0.29) is 0 Å². The highest BCUT2D eigenvalue weighted by atomic mass is 14.9. The lowest BCUT2D eigenvalue weighted by Gasteiger charge is -1.96. The van der Waals surface area contributed by atoms with Gasteiger partial charge in [0.1, 0.15) is 0 Å². The van der Waals surface area contributed by atoms with E-state index in [9.17, 15) is 0 Å². The second kappa shape index (κ2) is 4.41. The maximum Gasteiger partial charge on any atom is 0.173 e. The van der Waals surface area contributed by atoms with Crippen LogP contribution in [-0.4, -0.2) is 0 Å². The Morgan fingerprint density at radius 1 is 1.31 bits per heavy atom. The van der Waals surface area contributed by atoms with Crippen LogP contribution >= 0.6 is 0 Å². The van der Waals surface area contributed by atoms with Crippen LogP contribution in [0, 0.1) is 0 Å². The summed E-state index contributed by atoms with van der Waals surface area (Å²) in [6.45, 7) is 12.0. The summed E-state index contributed by atoms with van der Waals surface area (Å²) in [4.78, 5) is 0. The van der Waals surface area contributed by atoms with Crippen molar-refractivity contribution in [2.75, 3.05) is 0 Å². The highest BCUT2D eigenvalue weighted by Gasteiger charge is 1.99. The van der Waals surface area contributed by atoms with Crippen LogP contribution in [0.15, 0.2) is 55.9 Å². The molecule has 1 rings (SSSR count). The van der Waals surface area contributed by atoms with E-state index in [0.717, 1.165) is 17.7 Å². The van der Waals surface area contributed by atoms with Crippen molar-refractivity contribution in [1.82, 2.24) is 0 Å². The molecule has 1 nitrogen and oxygen atoms in total. The van der Waals surface area contributed by atoms with E-state index in [1.165, 1.54) is 0 Å². The van der Waals surface area contributed by atoms with E-state index < -0.39 is 0 Å². The van der Waals surface area contributed by atoms with Crippen LogP contribution < -0.4 is 4.57 Å². The van der Waals surface area contributed by atoms with Gasteiger partial charge in [0.25, 0.3) is 0 Å². The Balaban J connectivity index is 2.74. The molecular formula is C12H14N+. The molecule has 1 aromatic heterocycles. The zero-order valence-corrected chi connectivity index (χ0v) is 7.74. The van der Waals surface area contributed by atoms with Gasteiger partial charge >= 0.3 is 0 Å². The average Bonchev–Trinajstić information content (AvgIpc) is 2.19. The molecule has 1 heteroatoms. The Labute approximate surface area is 79.3 Å². The Hall–Kier alpha value is -1.63. The quantitative estimate of drug-likeness (QED) is 0.485. The van der Waals surface area contributed by atoms with E-state index in [1.807, 2.05) is 30.6 Å². The van der Waals surface area contributed by atoms with Crippen molar-refractivity contribution >= 4 is 6.08 Å². The number of rotatable bonds is 4. The van der Waals surface area contributed by atoms with Crippen molar-refractivity contribution in [3.8, 4) is 0 Å². The van der Waals surface area contributed by atoms with Gasteiger partial charge in [0, 0.05) is 17.7 Å². The predicted octanol–water partition coefficient (Wildman–Crippen LogP) is 2.36. The van der Waals surface area contributed by atoms with E-state index in [0.29, 0.717) is 0 Å². The summed E-state index contributed by atoms with van der Waals surface area (Å²) in [5, 5.41) is 0. The molecule has 0 spiro atoms. The third-order valence-corrected chi connectivity index (χ3v) is 1.83. The minimum absolute atomic E-state index is 0.793. The molecule has 0 amide bonds. The van der Waals surface area contributed by atoms with E-state index in [4.69, 9.17) is 0 Å². The topological polar surface area (TPSA) is 3.88 Å². The molecule has 0 atom stereocenters. The predicted molar refractivity (Wildman–Crippen MR) is 56.1 cm³/mol. The summed E-state index contributed by atoms with van der Waals surface area (Å²) >= 11 is 0. The lowest BCUT2D eigenvalue weighted by atomic mass is 10.2. The van der Waals surface area contributed by atoms with E-state index in [1.54, 1.807) is 6.08 Å². The molecule has 0 aliphatic carbocycles. The van der Waals surface area contributed by atoms with Crippen LogP contribution in [0.25, 0.3) is 6.08 Å². The van der Waals surface area contributed by atoms with Crippen molar-refractivity contribution in [2.24, 2.45) is 0 Å². The van der Waals surface area contributed by atoms with Crippen LogP contribution in [-0.2, 0) is 6.54 Å². The van der Waals surface area contributed by atoms with Gasteiger partial charge in [-0.25, -0.2) is 4.57 Å². The van der Waals surface area contributed by atoms with Gasteiger partial charge in [-0.2, -0.15) is 0 Å². The fraction of sp³-hybridized carbons (Fsp3) is 0.0833. The van der Waals surface area contributed by atoms with Gasteiger partial charge in [-0.1, -0.05) is 31.9 Å². The third kappa shape index (κ3) is 2.71. The average molecular weight is 172 g/mol. The summed E-state index contributed by atoms with van der Waals surface area (Å²) < 4.78 is 2.05. The van der Waals surface area contributed by atoms with Gasteiger partial charge in [-0.15, -0.1) is 0 Å². The molecule has 13 heavy (non-hydrogen) atoms. The monoisotopic (exact) mass is 172 g/mol. The minimum atomic E-state index is 0.793. The molecule has 0 bridgehead atoms. The fourth-order valence-electron chi connectivity index (χ4n) is 1.01. The molecule has 0 saturated carbocycles. The minimum Gasteiger partial charge on any atom is -0.201 e. The molecule has 0 radical (unpaired) electrons. The van der Waals surface area contributed by atoms with Crippen molar-refractivity contribution in [2.45, 2.75) is 6.54 Å². The van der Waals surface area contributed by atoms with E-state index >= 15 is 0 Å². The molecule has 0 saturated heterocycles. The number of aromatic nitrogens is 1. The molecule has 0 fully saturated rings. The van der Waals surface area contributed by atoms with Crippen LogP contribution in [0.4, 0.5) is 0 Å². The Morgan fingerprint density at radius 3 is 2.38 bits per heavy atom. The second-order valence-electron chi connectivity index (χ2n) is 2.87. The molecular weight excluding hydrogens is 158 g/mol. The molecule has 0 N–H and O–H groups in total. The molecule has 0 aliphatic rings. The van der Waals surface area contributed by atoms with Crippen LogP contribution in [0.5, 0.6) is 0 Å². The first-order valence-corrected chi connectivity index (χ1v) is 4.18. The lowest BCUT2D eigenvalue weighted by molar-refractivity contribution is -0.688. The molecule has 0 aromatic carbocycles. The lowest BCUT2D eigenvalue weighted by Crippen LogP contribution is -2.32. The maximum atomic E-state index is 3.85. The number of nitrogens with zero attached hydrogens (tertiary/aromatic N) is 1. The van der Waals surface area contributed by atoms with Crippen LogP contribution in [0.1, 0.15) is 5.56 Å². The highest BCUT2D eigenvalue weighted by Crippen LogP contribution is 1.97. The summed E-state index contributed by atoms with van der Waals surface area (Å²) in [5.74, 6) is 0. The third-order valence-electron chi connectivity index (χ3n) is 1.83. The van der Waals surface area contributed by atoms with Crippen molar-refractivity contribution < 1.29 is 4.57 Å². The molecule has 1 aromatic rings. The molecule has 1 heterocycles. The van der Waals surface area contributed by atoms with Crippen molar-refractivity contribution in [3.05, 3.63) is 61.5 Å². The maximum absolute atomic E-state index is 3.85. The summed E-state index contributed by atoms with van der Waals surface area (Å²) in [6, 6.07) is 4.03. The normalized spacial score (nSPS) is 9.23. The first kappa shape index (κ1) is 9.46. The largest absolute Gasteiger partial charge is 0.201 e. The van der Waals surface area contributed by atoms with Gasteiger partial charge in [0.05, 0.1) is 0 Å². The zero-order chi connectivity index (χ0) is 9.68.